The standard InChI is InChI=1S/C19H14N4O3/c1-11-8-16(24)22-18(21-11)12-4-2-6-14(9-12)26-19(25)15-7-3-5-13-10-20-23-17(13)15/h2-10H,1H3,(H,20,23)(H,21,22,24). The molecule has 4 aromatic rings. The van der Waals surface area contributed by atoms with E-state index >= 15 is 0 Å². The summed E-state index contributed by atoms with van der Waals surface area (Å²) in [6.07, 6.45) is 1.65. The van der Waals surface area contributed by atoms with Crippen LogP contribution in [0, 0.1) is 6.92 Å². The fourth-order valence-corrected chi connectivity index (χ4v) is 2.72. The van der Waals surface area contributed by atoms with Gasteiger partial charge in [-0.2, -0.15) is 5.10 Å². The summed E-state index contributed by atoms with van der Waals surface area (Å²) in [5.41, 5.74) is 2.04. The van der Waals surface area contributed by atoms with Gasteiger partial charge in [-0.3, -0.25) is 9.89 Å². The lowest BCUT2D eigenvalue weighted by Crippen LogP contribution is -2.10. The lowest BCUT2D eigenvalue weighted by Gasteiger charge is -2.07. The summed E-state index contributed by atoms with van der Waals surface area (Å²) < 4.78 is 5.49. The minimum absolute atomic E-state index is 0.235. The monoisotopic (exact) mass is 346 g/mol. The van der Waals surface area contributed by atoms with Crippen LogP contribution in [0.15, 0.2) is 59.5 Å². The van der Waals surface area contributed by atoms with E-state index in [0.717, 1.165) is 5.39 Å². The van der Waals surface area contributed by atoms with Crippen molar-refractivity contribution in [2.45, 2.75) is 6.92 Å². The molecule has 0 aliphatic heterocycles. The van der Waals surface area contributed by atoms with Crippen molar-refractivity contribution in [2.75, 3.05) is 0 Å². The number of ether oxygens (including phenoxy) is 1. The van der Waals surface area contributed by atoms with Gasteiger partial charge in [-0.05, 0) is 25.1 Å². The number of benzene rings is 2. The van der Waals surface area contributed by atoms with E-state index in [0.29, 0.717) is 33.9 Å². The van der Waals surface area contributed by atoms with Crippen LogP contribution in [0.1, 0.15) is 16.1 Å². The molecule has 0 amide bonds. The highest BCUT2D eigenvalue weighted by Gasteiger charge is 2.14. The Hall–Kier alpha value is -3.74. The number of nitrogens with one attached hydrogen (secondary N) is 2. The van der Waals surface area contributed by atoms with Gasteiger partial charge in [0.2, 0.25) is 0 Å². The van der Waals surface area contributed by atoms with Crippen LogP contribution in [0.3, 0.4) is 0 Å². The Labute approximate surface area is 147 Å². The molecule has 26 heavy (non-hydrogen) atoms. The summed E-state index contributed by atoms with van der Waals surface area (Å²) >= 11 is 0. The topological polar surface area (TPSA) is 101 Å². The Morgan fingerprint density at radius 1 is 1.12 bits per heavy atom. The first kappa shape index (κ1) is 15.8. The predicted molar refractivity (Wildman–Crippen MR) is 96.1 cm³/mol. The van der Waals surface area contributed by atoms with Crippen molar-refractivity contribution in [1.82, 2.24) is 20.2 Å². The minimum atomic E-state index is -0.498. The van der Waals surface area contributed by atoms with Gasteiger partial charge in [-0.15, -0.1) is 0 Å². The Bertz CT molecular complexity index is 1180. The molecule has 0 atom stereocenters. The number of aromatic nitrogens is 4. The molecule has 0 aliphatic rings. The Balaban J connectivity index is 1.66. The summed E-state index contributed by atoms with van der Waals surface area (Å²) in [5.74, 6) is 0.277. The van der Waals surface area contributed by atoms with E-state index < -0.39 is 5.97 Å². The lowest BCUT2D eigenvalue weighted by atomic mass is 10.1. The zero-order valence-electron chi connectivity index (χ0n) is 13.8. The summed E-state index contributed by atoms with van der Waals surface area (Å²) in [6, 6.07) is 13.6. The number of hydrogen-bond donors (Lipinski definition) is 2. The number of carbonyl (C=O) groups is 1. The van der Waals surface area contributed by atoms with Gasteiger partial charge >= 0.3 is 5.97 Å². The van der Waals surface area contributed by atoms with Crippen LogP contribution in [0.4, 0.5) is 0 Å². The van der Waals surface area contributed by atoms with Crippen LogP contribution in [-0.4, -0.2) is 26.1 Å². The smallest absolute Gasteiger partial charge is 0.345 e. The van der Waals surface area contributed by atoms with Crippen molar-refractivity contribution in [2.24, 2.45) is 0 Å². The molecule has 0 bridgehead atoms. The fourth-order valence-electron chi connectivity index (χ4n) is 2.72. The SMILES string of the molecule is Cc1cc(=O)[nH]c(-c2cccc(OC(=O)c3cccc4cn[nH]c34)c2)n1. The van der Waals surface area contributed by atoms with E-state index in [-0.39, 0.29) is 5.56 Å². The minimum Gasteiger partial charge on any atom is -0.423 e. The first-order valence-corrected chi connectivity index (χ1v) is 7.93. The van der Waals surface area contributed by atoms with E-state index in [1.165, 1.54) is 6.07 Å². The molecule has 2 N–H and O–H groups in total. The van der Waals surface area contributed by atoms with Gasteiger partial charge < -0.3 is 9.72 Å². The maximum atomic E-state index is 12.5. The molecule has 4 rings (SSSR count). The second-order valence-electron chi connectivity index (χ2n) is 5.79. The average molecular weight is 346 g/mol. The summed E-state index contributed by atoms with van der Waals surface area (Å²) in [7, 11) is 0. The van der Waals surface area contributed by atoms with E-state index in [9.17, 15) is 9.59 Å². The van der Waals surface area contributed by atoms with Crippen LogP contribution in [0.25, 0.3) is 22.3 Å². The van der Waals surface area contributed by atoms with Crippen molar-refractivity contribution in [3.8, 4) is 17.1 Å². The highest BCUT2D eigenvalue weighted by molar-refractivity contribution is 6.03. The number of fused-ring (bicyclic) bond motifs is 1. The number of rotatable bonds is 3. The molecule has 128 valence electrons. The van der Waals surface area contributed by atoms with Crippen molar-refractivity contribution >= 4 is 16.9 Å². The molecule has 2 heterocycles. The van der Waals surface area contributed by atoms with Crippen LogP contribution < -0.4 is 10.3 Å². The van der Waals surface area contributed by atoms with Crippen LogP contribution in [-0.2, 0) is 0 Å². The molecule has 7 heteroatoms. The number of esters is 1. The van der Waals surface area contributed by atoms with Gasteiger partial charge in [0.25, 0.3) is 5.56 Å². The van der Waals surface area contributed by atoms with Crippen molar-refractivity contribution < 1.29 is 9.53 Å². The van der Waals surface area contributed by atoms with E-state index in [1.54, 1.807) is 49.5 Å². The average Bonchev–Trinajstić information content (AvgIpc) is 3.09. The van der Waals surface area contributed by atoms with Crippen LogP contribution in [0.5, 0.6) is 5.75 Å². The van der Waals surface area contributed by atoms with Crippen molar-refractivity contribution in [1.29, 1.82) is 0 Å². The van der Waals surface area contributed by atoms with E-state index in [1.807, 2.05) is 6.07 Å². The van der Waals surface area contributed by atoms with Gasteiger partial charge in [0.1, 0.15) is 11.6 Å². The number of hydrogen-bond acceptors (Lipinski definition) is 5. The molecule has 0 radical (unpaired) electrons. The van der Waals surface area contributed by atoms with Crippen molar-refractivity contribution in [3.05, 3.63) is 76.3 Å². The molecular formula is C19H14N4O3. The van der Waals surface area contributed by atoms with Crippen LogP contribution >= 0.6 is 0 Å². The molecule has 7 nitrogen and oxygen atoms in total. The van der Waals surface area contributed by atoms with Gasteiger partial charge in [0, 0.05) is 22.7 Å². The molecule has 0 saturated heterocycles. The zero-order valence-corrected chi connectivity index (χ0v) is 13.8. The summed E-state index contributed by atoms with van der Waals surface area (Å²) in [4.78, 5) is 31.2. The molecule has 0 aliphatic carbocycles. The Morgan fingerprint density at radius 3 is 2.81 bits per heavy atom. The number of H-pyrrole nitrogens is 2. The van der Waals surface area contributed by atoms with Gasteiger partial charge in [-0.25, -0.2) is 9.78 Å². The van der Waals surface area contributed by atoms with E-state index in [4.69, 9.17) is 4.74 Å². The molecule has 2 aromatic carbocycles. The molecule has 0 fully saturated rings. The number of aryl methyl sites for hydroxylation is 1. The highest BCUT2D eigenvalue weighted by Crippen LogP contribution is 2.23. The highest BCUT2D eigenvalue weighted by atomic mass is 16.5. The largest absolute Gasteiger partial charge is 0.423 e. The predicted octanol–water partition coefficient (Wildman–Crippen LogP) is 2.84. The van der Waals surface area contributed by atoms with Gasteiger partial charge in [0.15, 0.2) is 0 Å². The second kappa shape index (κ2) is 6.29. The third kappa shape index (κ3) is 2.98. The number of aromatic amines is 2. The first-order valence-electron chi connectivity index (χ1n) is 7.93. The van der Waals surface area contributed by atoms with Crippen LogP contribution in [0.2, 0.25) is 0 Å². The zero-order chi connectivity index (χ0) is 18.1. The maximum absolute atomic E-state index is 12.5. The van der Waals surface area contributed by atoms with Crippen molar-refractivity contribution in [3.63, 3.8) is 0 Å². The summed E-state index contributed by atoms with van der Waals surface area (Å²) in [6.45, 7) is 1.74. The lowest BCUT2D eigenvalue weighted by molar-refractivity contribution is 0.0736. The normalized spacial score (nSPS) is 10.8. The molecule has 0 saturated carbocycles. The third-order valence-electron chi connectivity index (χ3n) is 3.88. The Kier molecular flexibility index (Phi) is 3.81. The number of carbonyl (C=O) groups excluding carboxylic acids is 1. The molecule has 2 aromatic heterocycles. The summed E-state index contributed by atoms with van der Waals surface area (Å²) in [5, 5.41) is 7.58. The van der Waals surface area contributed by atoms with Gasteiger partial charge in [0.05, 0.1) is 17.3 Å². The molecule has 0 spiro atoms. The first-order chi connectivity index (χ1) is 12.6. The Morgan fingerprint density at radius 2 is 1.96 bits per heavy atom. The number of nitrogens with zero attached hydrogens (tertiary/aromatic N) is 2. The maximum Gasteiger partial charge on any atom is 0.345 e. The van der Waals surface area contributed by atoms with Gasteiger partial charge in [-0.1, -0.05) is 24.3 Å². The third-order valence-corrected chi connectivity index (χ3v) is 3.88. The quantitative estimate of drug-likeness (QED) is 0.439. The molecule has 0 unspecified atom stereocenters. The molecular weight excluding hydrogens is 332 g/mol. The van der Waals surface area contributed by atoms with E-state index in [2.05, 4.69) is 20.2 Å². The second-order valence-corrected chi connectivity index (χ2v) is 5.79. The number of para-hydroxylation sites is 1. The fraction of sp³-hybridized carbons (Fsp3) is 0.0526.